The number of rotatable bonds is 5. The Labute approximate surface area is 139 Å². The average molecular weight is 371 g/mol. The van der Waals surface area contributed by atoms with Gasteiger partial charge in [-0.2, -0.15) is 5.10 Å². The van der Waals surface area contributed by atoms with Crippen molar-refractivity contribution in [2.45, 2.75) is 32.7 Å². The van der Waals surface area contributed by atoms with E-state index in [4.69, 9.17) is 11.6 Å². The normalized spacial score (nSPS) is 12.7. The zero-order chi connectivity index (χ0) is 15.6. The molecular formula is C16H21BrClN3. The molecule has 2 rings (SSSR count). The van der Waals surface area contributed by atoms with Gasteiger partial charge >= 0.3 is 0 Å². The molecule has 0 aliphatic heterocycles. The first-order valence-electron chi connectivity index (χ1n) is 7.02. The molecule has 0 amide bonds. The topological polar surface area (TPSA) is 29.9 Å². The molecule has 0 fully saturated rings. The van der Waals surface area contributed by atoms with Crippen LogP contribution in [0.4, 0.5) is 0 Å². The van der Waals surface area contributed by atoms with Crippen molar-refractivity contribution in [3.63, 3.8) is 0 Å². The van der Waals surface area contributed by atoms with E-state index in [1.807, 2.05) is 30.9 Å². The summed E-state index contributed by atoms with van der Waals surface area (Å²) in [5.74, 6) is 0. The zero-order valence-corrected chi connectivity index (χ0v) is 15.2. The van der Waals surface area contributed by atoms with Crippen LogP contribution >= 0.6 is 27.5 Å². The lowest BCUT2D eigenvalue weighted by Crippen LogP contribution is -2.30. The number of likely N-dealkylation sites (N-methyl/N-ethyl adjacent to an activating group) is 1. The molecule has 1 atom stereocenters. The number of aromatic nitrogens is 2. The molecule has 0 bridgehead atoms. The molecule has 2 aromatic rings. The van der Waals surface area contributed by atoms with Gasteiger partial charge in [0.2, 0.25) is 0 Å². The maximum Gasteiger partial charge on any atom is 0.0628 e. The highest BCUT2D eigenvalue weighted by Crippen LogP contribution is 2.24. The van der Waals surface area contributed by atoms with Crippen LogP contribution in [0, 0.1) is 13.8 Å². The van der Waals surface area contributed by atoms with Crippen molar-refractivity contribution >= 4 is 27.5 Å². The number of aryl methyl sites for hydroxylation is 2. The van der Waals surface area contributed by atoms with Crippen LogP contribution in [-0.4, -0.2) is 22.9 Å². The van der Waals surface area contributed by atoms with Gasteiger partial charge in [0.25, 0.3) is 0 Å². The summed E-state index contributed by atoms with van der Waals surface area (Å²) >= 11 is 9.77. The third-order valence-electron chi connectivity index (χ3n) is 4.00. The lowest BCUT2D eigenvalue weighted by Gasteiger charge is -2.17. The van der Waals surface area contributed by atoms with Crippen LogP contribution in [0.25, 0.3) is 0 Å². The minimum absolute atomic E-state index is 0.338. The summed E-state index contributed by atoms with van der Waals surface area (Å²) in [6.45, 7) is 4.19. The lowest BCUT2D eigenvalue weighted by molar-refractivity contribution is 0.553. The monoisotopic (exact) mass is 369 g/mol. The van der Waals surface area contributed by atoms with Gasteiger partial charge in [0.05, 0.1) is 5.69 Å². The van der Waals surface area contributed by atoms with Gasteiger partial charge in [-0.3, -0.25) is 4.68 Å². The first-order chi connectivity index (χ1) is 9.92. The van der Waals surface area contributed by atoms with Crippen molar-refractivity contribution in [1.29, 1.82) is 0 Å². The highest BCUT2D eigenvalue weighted by Gasteiger charge is 2.16. The summed E-state index contributed by atoms with van der Waals surface area (Å²) in [6.07, 6.45) is 1.85. The molecule has 0 aliphatic rings. The molecule has 5 heteroatoms. The number of halogens is 2. The van der Waals surface area contributed by atoms with Gasteiger partial charge in [0.1, 0.15) is 0 Å². The van der Waals surface area contributed by atoms with Crippen molar-refractivity contribution in [2.24, 2.45) is 7.05 Å². The Bertz CT molecular complexity index is 637. The van der Waals surface area contributed by atoms with Gasteiger partial charge in [-0.1, -0.05) is 33.6 Å². The molecule has 0 saturated heterocycles. The van der Waals surface area contributed by atoms with E-state index in [2.05, 4.69) is 46.3 Å². The predicted octanol–water partition coefficient (Wildman–Crippen LogP) is 3.83. The molecular weight excluding hydrogens is 350 g/mol. The molecule has 0 saturated carbocycles. The Hall–Kier alpha value is -0.840. The summed E-state index contributed by atoms with van der Waals surface area (Å²) in [6, 6.07) is 6.41. The van der Waals surface area contributed by atoms with Crippen LogP contribution < -0.4 is 5.32 Å². The van der Waals surface area contributed by atoms with Gasteiger partial charge in [0.15, 0.2) is 0 Å². The maximum absolute atomic E-state index is 6.33. The lowest BCUT2D eigenvalue weighted by atomic mass is 9.98. The van der Waals surface area contributed by atoms with Crippen molar-refractivity contribution < 1.29 is 0 Å². The number of hydrogen-bond acceptors (Lipinski definition) is 2. The molecule has 1 heterocycles. The fourth-order valence-corrected chi connectivity index (χ4v) is 3.34. The molecule has 0 spiro atoms. The van der Waals surface area contributed by atoms with Crippen molar-refractivity contribution in [3.05, 3.63) is 50.2 Å². The number of hydrogen-bond donors (Lipinski definition) is 1. The highest BCUT2D eigenvalue weighted by molar-refractivity contribution is 9.10. The number of nitrogens with one attached hydrogen (secondary N) is 1. The van der Waals surface area contributed by atoms with Gasteiger partial charge in [-0.05, 0) is 57.0 Å². The summed E-state index contributed by atoms with van der Waals surface area (Å²) in [4.78, 5) is 0. The van der Waals surface area contributed by atoms with Crippen LogP contribution in [0.3, 0.4) is 0 Å². The fraction of sp³-hybridized carbons (Fsp3) is 0.438. The molecule has 3 nitrogen and oxygen atoms in total. The van der Waals surface area contributed by atoms with E-state index in [1.54, 1.807) is 0 Å². The molecule has 1 aromatic carbocycles. The largest absolute Gasteiger partial charge is 0.316 e. The van der Waals surface area contributed by atoms with E-state index < -0.39 is 0 Å². The van der Waals surface area contributed by atoms with Crippen molar-refractivity contribution in [2.75, 3.05) is 7.05 Å². The highest BCUT2D eigenvalue weighted by atomic mass is 79.9. The predicted molar refractivity (Wildman–Crippen MR) is 92.1 cm³/mol. The minimum Gasteiger partial charge on any atom is -0.316 e. The second-order valence-electron chi connectivity index (χ2n) is 5.40. The van der Waals surface area contributed by atoms with Crippen LogP contribution in [0.1, 0.15) is 22.5 Å². The Morgan fingerprint density at radius 1 is 1.33 bits per heavy atom. The van der Waals surface area contributed by atoms with Gasteiger partial charge < -0.3 is 5.32 Å². The molecule has 114 valence electrons. The van der Waals surface area contributed by atoms with E-state index in [0.717, 1.165) is 28.0 Å². The molecule has 1 N–H and O–H groups in total. The number of benzene rings is 1. The molecule has 21 heavy (non-hydrogen) atoms. The van der Waals surface area contributed by atoms with Crippen molar-refractivity contribution in [1.82, 2.24) is 15.1 Å². The standard InChI is InChI=1S/C16H21BrClN3/c1-10-15(11(2)21(4)20-10)9-14(19-3)7-12-5-6-13(17)8-16(12)18/h5-6,8,14,19H,7,9H2,1-4H3. The van der Waals surface area contributed by atoms with Crippen LogP contribution in [0.2, 0.25) is 5.02 Å². The molecule has 1 aromatic heterocycles. The second-order valence-corrected chi connectivity index (χ2v) is 6.73. The molecule has 0 aliphatic carbocycles. The van der Waals surface area contributed by atoms with Crippen LogP contribution in [0.5, 0.6) is 0 Å². The average Bonchev–Trinajstić information content (AvgIpc) is 2.67. The first-order valence-corrected chi connectivity index (χ1v) is 8.19. The van der Waals surface area contributed by atoms with E-state index in [9.17, 15) is 0 Å². The molecule has 1 unspecified atom stereocenters. The van der Waals surface area contributed by atoms with E-state index in [1.165, 1.54) is 16.8 Å². The third-order valence-corrected chi connectivity index (χ3v) is 4.84. The third kappa shape index (κ3) is 3.87. The Morgan fingerprint density at radius 2 is 2.05 bits per heavy atom. The van der Waals surface area contributed by atoms with Gasteiger partial charge in [-0.25, -0.2) is 0 Å². The Kier molecular flexibility index (Phi) is 5.47. The van der Waals surface area contributed by atoms with Crippen LogP contribution in [0.15, 0.2) is 22.7 Å². The second kappa shape index (κ2) is 6.95. The van der Waals surface area contributed by atoms with Crippen molar-refractivity contribution in [3.8, 4) is 0 Å². The van der Waals surface area contributed by atoms with Crippen LogP contribution in [-0.2, 0) is 19.9 Å². The fourth-order valence-electron chi connectivity index (χ4n) is 2.59. The number of nitrogens with zero attached hydrogens (tertiary/aromatic N) is 2. The van der Waals surface area contributed by atoms with E-state index in [0.29, 0.717) is 6.04 Å². The Balaban J connectivity index is 2.17. The smallest absolute Gasteiger partial charge is 0.0628 e. The first kappa shape index (κ1) is 16.5. The van der Waals surface area contributed by atoms with E-state index >= 15 is 0 Å². The summed E-state index contributed by atoms with van der Waals surface area (Å²) in [5.41, 5.74) is 4.83. The van der Waals surface area contributed by atoms with Gasteiger partial charge in [-0.15, -0.1) is 0 Å². The molecule has 0 radical (unpaired) electrons. The zero-order valence-electron chi connectivity index (χ0n) is 12.9. The minimum atomic E-state index is 0.338. The van der Waals surface area contributed by atoms with E-state index in [-0.39, 0.29) is 0 Å². The SMILES string of the molecule is CNC(Cc1ccc(Br)cc1Cl)Cc1c(C)nn(C)c1C. The summed E-state index contributed by atoms with van der Waals surface area (Å²) in [7, 11) is 3.99. The summed E-state index contributed by atoms with van der Waals surface area (Å²) in [5, 5.41) is 8.70. The summed E-state index contributed by atoms with van der Waals surface area (Å²) < 4.78 is 2.96. The Morgan fingerprint density at radius 3 is 2.57 bits per heavy atom. The maximum atomic E-state index is 6.33. The quantitative estimate of drug-likeness (QED) is 0.867. The van der Waals surface area contributed by atoms with Gasteiger partial charge in [0, 0.05) is 28.3 Å².